The predicted octanol–water partition coefficient (Wildman–Crippen LogP) is 2.96. The van der Waals surface area contributed by atoms with Crippen LogP contribution in [0.1, 0.15) is 30.2 Å². The van der Waals surface area contributed by atoms with Gasteiger partial charge in [-0.2, -0.15) is 5.10 Å². The van der Waals surface area contributed by atoms with Gasteiger partial charge in [-0.3, -0.25) is 4.68 Å². The summed E-state index contributed by atoms with van der Waals surface area (Å²) in [4.78, 5) is 0. The standard InChI is InChI=1S/C18H21N3O/c1-13(14-7-4-3-5-8-14)19-12-18(22)15-9-6-10-17-16(15)11-20-21(17)2/h3-11,13,18-19,22H,12H2,1-2H3/t13-,18?/m0/s1. The third-order valence-corrected chi connectivity index (χ3v) is 4.10. The number of benzene rings is 2. The highest BCUT2D eigenvalue weighted by Gasteiger charge is 2.14. The van der Waals surface area contributed by atoms with Crippen LogP contribution in [0.3, 0.4) is 0 Å². The Labute approximate surface area is 130 Å². The van der Waals surface area contributed by atoms with Gasteiger partial charge in [-0.15, -0.1) is 0 Å². The van der Waals surface area contributed by atoms with Gasteiger partial charge < -0.3 is 10.4 Å². The number of aliphatic hydroxyl groups excluding tert-OH is 1. The molecule has 0 radical (unpaired) electrons. The van der Waals surface area contributed by atoms with Crippen molar-refractivity contribution in [2.24, 2.45) is 7.05 Å². The average Bonchev–Trinajstić information content (AvgIpc) is 2.94. The maximum atomic E-state index is 10.5. The third kappa shape index (κ3) is 2.89. The highest BCUT2D eigenvalue weighted by atomic mass is 16.3. The molecule has 1 unspecified atom stereocenters. The molecule has 0 saturated carbocycles. The predicted molar refractivity (Wildman–Crippen MR) is 88.5 cm³/mol. The molecule has 0 aliphatic rings. The minimum atomic E-state index is -0.556. The van der Waals surface area contributed by atoms with E-state index in [2.05, 4.69) is 29.5 Å². The summed E-state index contributed by atoms with van der Waals surface area (Å²) in [6, 6.07) is 16.4. The molecule has 3 rings (SSSR count). The molecule has 0 aliphatic heterocycles. The molecule has 0 spiro atoms. The molecule has 0 bridgehead atoms. The van der Waals surface area contributed by atoms with Crippen LogP contribution in [-0.2, 0) is 7.05 Å². The second-order valence-electron chi connectivity index (χ2n) is 5.60. The lowest BCUT2D eigenvalue weighted by Gasteiger charge is -2.18. The second kappa shape index (κ2) is 6.30. The topological polar surface area (TPSA) is 50.1 Å². The number of nitrogens with one attached hydrogen (secondary N) is 1. The molecule has 22 heavy (non-hydrogen) atoms. The molecule has 0 amide bonds. The Kier molecular flexibility index (Phi) is 4.22. The van der Waals surface area contributed by atoms with E-state index in [1.807, 2.05) is 54.3 Å². The van der Waals surface area contributed by atoms with E-state index in [0.29, 0.717) is 6.54 Å². The third-order valence-electron chi connectivity index (χ3n) is 4.10. The minimum Gasteiger partial charge on any atom is -0.387 e. The van der Waals surface area contributed by atoms with Crippen LogP contribution in [0.4, 0.5) is 0 Å². The highest BCUT2D eigenvalue weighted by molar-refractivity contribution is 5.82. The molecule has 2 N–H and O–H groups in total. The molecule has 1 heterocycles. The molecule has 4 nitrogen and oxygen atoms in total. The van der Waals surface area contributed by atoms with Crippen molar-refractivity contribution in [1.29, 1.82) is 0 Å². The summed E-state index contributed by atoms with van der Waals surface area (Å²) in [5.41, 5.74) is 3.17. The van der Waals surface area contributed by atoms with Crippen molar-refractivity contribution in [3.63, 3.8) is 0 Å². The monoisotopic (exact) mass is 295 g/mol. The summed E-state index contributed by atoms with van der Waals surface area (Å²) in [5.74, 6) is 0. The molecule has 0 fully saturated rings. The lowest BCUT2D eigenvalue weighted by atomic mass is 10.0. The molecule has 2 aromatic carbocycles. The van der Waals surface area contributed by atoms with E-state index in [4.69, 9.17) is 0 Å². The van der Waals surface area contributed by atoms with Crippen molar-refractivity contribution in [1.82, 2.24) is 15.1 Å². The Hall–Kier alpha value is -2.17. The fourth-order valence-electron chi connectivity index (χ4n) is 2.75. The van der Waals surface area contributed by atoms with Crippen LogP contribution in [0.5, 0.6) is 0 Å². The summed E-state index contributed by atoms with van der Waals surface area (Å²) in [7, 11) is 1.91. The molecule has 1 aromatic heterocycles. The molecule has 0 saturated heterocycles. The zero-order chi connectivity index (χ0) is 15.5. The Morgan fingerprint density at radius 3 is 2.68 bits per heavy atom. The van der Waals surface area contributed by atoms with Crippen molar-refractivity contribution >= 4 is 10.9 Å². The number of rotatable bonds is 5. The second-order valence-corrected chi connectivity index (χ2v) is 5.60. The summed E-state index contributed by atoms with van der Waals surface area (Å²) in [6.07, 6.45) is 1.26. The van der Waals surface area contributed by atoms with Crippen LogP contribution in [0.15, 0.2) is 54.7 Å². The van der Waals surface area contributed by atoms with Gasteiger partial charge in [0.25, 0.3) is 0 Å². The van der Waals surface area contributed by atoms with E-state index in [9.17, 15) is 5.11 Å². The van der Waals surface area contributed by atoms with Gasteiger partial charge in [0.1, 0.15) is 0 Å². The van der Waals surface area contributed by atoms with E-state index in [0.717, 1.165) is 16.5 Å². The number of aliphatic hydroxyl groups is 1. The number of hydrogen-bond acceptors (Lipinski definition) is 3. The van der Waals surface area contributed by atoms with Crippen molar-refractivity contribution in [3.8, 4) is 0 Å². The van der Waals surface area contributed by atoms with Crippen molar-refractivity contribution < 1.29 is 5.11 Å². The van der Waals surface area contributed by atoms with Gasteiger partial charge in [0.15, 0.2) is 0 Å². The van der Waals surface area contributed by atoms with E-state index in [1.165, 1.54) is 5.56 Å². The van der Waals surface area contributed by atoms with Crippen LogP contribution >= 0.6 is 0 Å². The maximum Gasteiger partial charge on any atom is 0.0921 e. The summed E-state index contributed by atoms with van der Waals surface area (Å²) in [5, 5.41) is 19.2. The quantitative estimate of drug-likeness (QED) is 0.761. The number of aryl methyl sites for hydroxylation is 1. The first-order valence-corrected chi connectivity index (χ1v) is 7.54. The first kappa shape index (κ1) is 14.8. The number of aromatic nitrogens is 2. The van der Waals surface area contributed by atoms with Crippen LogP contribution in [0.2, 0.25) is 0 Å². The Bertz CT molecular complexity index is 751. The summed E-state index contributed by atoms with van der Waals surface area (Å²) < 4.78 is 1.82. The Balaban J connectivity index is 1.72. The largest absolute Gasteiger partial charge is 0.387 e. The first-order valence-electron chi connectivity index (χ1n) is 7.54. The van der Waals surface area contributed by atoms with Gasteiger partial charge in [0.05, 0.1) is 17.8 Å². The normalized spacial score (nSPS) is 14.1. The van der Waals surface area contributed by atoms with Gasteiger partial charge in [-0.1, -0.05) is 42.5 Å². The van der Waals surface area contributed by atoms with Gasteiger partial charge in [-0.25, -0.2) is 0 Å². The van der Waals surface area contributed by atoms with E-state index >= 15 is 0 Å². The molecule has 2 atom stereocenters. The van der Waals surface area contributed by atoms with Gasteiger partial charge >= 0.3 is 0 Å². The molecule has 114 valence electrons. The van der Waals surface area contributed by atoms with Gasteiger partial charge in [0, 0.05) is 25.0 Å². The van der Waals surface area contributed by atoms with E-state index in [1.54, 1.807) is 0 Å². The molecule has 3 aromatic rings. The SMILES string of the molecule is C[C@H](NCC(O)c1cccc2c1cnn2C)c1ccccc1. The lowest BCUT2D eigenvalue weighted by Crippen LogP contribution is -2.24. The number of fused-ring (bicyclic) bond motifs is 1. The highest BCUT2D eigenvalue weighted by Crippen LogP contribution is 2.24. The molecule has 0 aliphatic carbocycles. The lowest BCUT2D eigenvalue weighted by molar-refractivity contribution is 0.172. The summed E-state index contributed by atoms with van der Waals surface area (Å²) >= 11 is 0. The van der Waals surface area contributed by atoms with Crippen LogP contribution in [0.25, 0.3) is 10.9 Å². The Morgan fingerprint density at radius 2 is 1.91 bits per heavy atom. The Morgan fingerprint density at radius 1 is 1.14 bits per heavy atom. The molecular weight excluding hydrogens is 274 g/mol. The average molecular weight is 295 g/mol. The zero-order valence-electron chi connectivity index (χ0n) is 12.9. The molecule has 4 heteroatoms. The van der Waals surface area contributed by atoms with Crippen LogP contribution in [0, 0.1) is 0 Å². The first-order chi connectivity index (χ1) is 10.7. The smallest absolute Gasteiger partial charge is 0.0921 e. The van der Waals surface area contributed by atoms with Gasteiger partial charge in [-0.05, 0) is 24.1 Å². The van der Waals surface area contributed by atoms with Crippen molar-refractivity contribution in [3.05, 3.63) is 65.9 Å². The van der Waals surface area contributed by atoms with Crippen LogP contribution < -0.4 is 5.32 Å². The summed E-state index contributed by atoms with van der Waals surface area (Å²) in [6.45, 7) is 2.61. The van der Waals surface area contributed by atoms with Gasteiger partial charge in [0.2, 0.25) is 0 Å². The zero-order valence-corrected chi connectivity index (χ0v) is 12.9. The van der Waals surface area contributed by atoms with Crippen molar-refractivity contribution in [2.75, 3.05) is 6.54 Å². The van der Waals surface area contributed by atoms with E-state index < -0.39 is 6.10 Å². The van der Waals surface area contributed by atoms with E-state index in [-0.39, 0.29) is 6.04 Å². The number of hydrogen-bond donors (Lipinski definition) is 2. The maximum absolute atomic E-state index is 10.5. The van der Waals surface area contributed by atoms with Crippen molar-refractivity contribution in [2.45, 2.75) is 19.1 Å². The fourth-order valence-corrected chi connectivity index (χ4v) is 2.75. The number of nitrogens with zero attached hydrogens (tertiary/aromatic N) is 2. The molecular formula is C18H21N3O. The minimum absolute atomic E-state index is 0.198. The fraction of sp³-hybridized carbons (Fsp3) is 0.278. The van der Waals surface area contributed by atoms with Crippen LogP contribution in [-0.4, -0.2) is 21.4 Å².